The predicted molar refractivity (Wildman–Crippen MR) is 115 cm³/mol. The van der Waals surface area contributed by atoms with Gasteiger partial charge in [-0.25, -0.2) is 8.42 Å². The van der Waals surface area contributed by atoms with Crippen LogP contribution in [0.1, 0.15) is 5.56 Å². The largest absolute Gasteiger partial charge is 0.347 e. The van der Waals surface area contributed by atoms with E-state index in [1.807, 2.05) is 30.3 Å². The number of halogens is 2. The molecule has 0 spiro atoms. The van der Waals surface area contributed by atoms with Crippen LogP contribution in [0.4, 0.5) is 0 Å². The number of carbonyl (C=O) groups is 2. The van der Waals surface area contributed by atoms with E-state index < -0.39 is 10.0 Å². The average molecular weight is 470 g/mol. The first-order valence-corrected chi connectivity index (χ1v) is 11.5. The monoisotopic (exact) mass is 469 g/mol. The molecule has 30 heavy (non-hydrogen) atoms. The molecular weight excluding hydrogens is 449 g/mol. The molecule has 1 N–H and O–H groups in total. The van der Waals surface area contributed by atoms with Crippen LogP contribution in [0.3, 0.4) is 0 Å². The van der Waals surface area contributed by atoms with E-state index in [0.717, 1.165) is 5.56 Å². The zero-order valence-electron chi connectivity index (χ0n) is 16.1. The zero-order chi connectivity index (χ0) is 21.7. The Morgan fingerprint density at radius 3 is 2.23 bits per heavy atom. The van der Waals surface area contributed by atoms with Crippen molar-refractivity contribution in [1.82, 2.24) is 14.5 Å². The maximum atomic E-state index is 12.8. The van der Waals surface area contributed by atoms with Crippen LogP contribution in [0.25, 0.3) is 0 Å². The Hall–Kier alpha value is -2.13. The van der Waals surface area contributed by atoms with Gasteiger partial charge in [0.2, 0.25) is 21.8 Å². The number of hydrogen-bond donors (Lipinski definition) is 1. The number of piperazine rings is 1. The highest BCUT2D eigenvalue weighted by Gasteiger charge is 2.30. The number of rotatable bonds is 6. The molecule has 2 amide bonds. The van der Waals surface area contributed by atoms with Crippen LogP contribution in [0.5, 0.6) is 0 Å². The Kier molecular flexibility index (Phi) is 7.36. The van der Waals surface area contributed by atoms with Crippen molar-refractivity contribution in [1.29, 1.82) is 0 Å². The molecule has 1 aliphatic heterocycles. The molecule has 2 aromatic rings. The zero-order valence-corrected chi connectivity index (χ0v) is 18.4. The van der Waals surface area contributed by atoms with Crippen LogP contribution in [0.2, 0.25) is 10.0 Å². The first-order valence-electron chi connectivity index (χ1n) is 9.31. The van der Waals surface area contributed by atoms with E-state index in [-0.39, 0.29) is 65.9 Å². The summed E-state index contributed by atoms with van der Waals surface area (Å²) in [5, 5.41) is 3.06. The second-order valence-corrected chi connectivity index (χ2v) is 9.55. The van der Waals surface area contributed by atoms with Gasteiger partial charge in [0.25, 0.3) is 0 Å². The molecule has 1 heterocycles. The van der Waals surface area contributed by atoms with Crippen LogP contribution in [-0.2, 0) is 26.0 Å². The summed E-state index contributed by atoms with van der Waals surface area (Å²) in [7, 11) is -3.73. The lowest BCUT2D eigenvalue weighted by atomic mass is 10.1. The summed E-state index contributed by atoms with van der Waals surface area (Å²) in [5.41, 5.74) is 0.864. The van der Waals surface area contributed by atoms with Crippen molar-refractivity contribution >= 4 is 45.0 Å². The van der Waals surface area contributed by atoms with Gasteiger partial charge in [-0.3, -0.25) is 9.59 Å². The normalized spacial score (nSPS) is 15.1. The predicted octanol–water partition coefficient (Wildman–Crippen LogP) is 2.19. The van der Waals surface area contributed by atoms with Gasteiger partial charge in [0.05, 0.1) is 27.9 Å². The molecular formula is C20H21Cl2N3O4S. The van der Waals surface area contributed by atoms with Gasteiger partial charge in [0, 0.05) is 26.2 Å². The Bertz CT molecular complexity index is 1020. The topological polar surface area (TPSA) is 86.8 Å². The van der Waals surface area contributed by atoms with Gasteiger partial charge in [0.1, 0.15) is 0 Å². The SMILES string of the molecule is O=C(Cc1ccccc1)NCC(=O)N1CCN(S(=O)(=O)c2ccc(Cl)c(Cl)c2)CC1. The molecule has 7 nitrogen and oxygen atoms in total. The highest BCUT2D eigenvalue weighted by atomic mass is 35.5. The van der Waals surface area contributed by atoms with Crippen molar-refractivity contribution < 1.29 is 18.0 Å². The lowest BCUT2D eigenvalue weighted by Gasteiger charge is -2.34. The molecule has 1 aliphatic rings. The molecule has 0 unspecified atom stereocenters. The standard InChI is InChI=1S/C20H21Cl2N3O4S/c21-17-7-6-16(13-18(17)22)30(28,29)25-10-8-24(9-11-25)20(27)14-23-19(26)12-15-4-2-1-3-5-15/h1-7,13H,8-12,14H2,(H,23,26). The quantitative estimate of drug-likeness (QED) is 0.702. The molecule has 1 fully saturated rings. The van der Waals surface area contributed by atoms with Gasteiger partial charge < -0.3 is 10.2 Å². The number of benzene rings is 2. The highest BCUT2D eigenvalue weighted by Crippen LogP contribution is 2.27. The van der Waals surface area contributed by atoms with E-state index in [0.29, 0.717) is 0 Å². The average Bonchev–Trinajstić information content (AvgIpc) is 2.74. The highest BCUT2D eigenvalue weighted by molar-refractivity contribution is 7.89. The van der Waals surface area contributed by atoms with Crippen molar-refractivity contribution in [3.63, 3.8) is 0 Å². The molecule has 3 rings (SSSR count). The van der Waals surface area contributed by atoms with Crippen molar-refractivity contribution in [2.75, 3.05) is 32.7 Å². The van der Waals surface area contributed by atoms with E-state index in [1.54, 1.807) is 4.90 Å². The van der Waals surface area contributed by atoms with Crippen molar-refractivity contribution in [3.05, 3.63) is 64.1 Å². The van der Waals surface area contributed by atoms with Crippen LogP contribution >= 0.6 is 23.2 Å². The molecule has 0 atom stereocenters. The number of nitrogens with zero attached hydrogens (tertiary/aromatic N) is 2. The van der Waals surface area contributed by atoms with Crippen LogP contribution in [-0.4, -0.2) is 62.2 Å². The fourth-order valence-corrected chi connectivity index (χ4v) is 4.91. The molecule has 0 bridgehead atoms. The molecule has 2 aromatic carbocycles. The third kappa shape index (κ3) is 5.51. The summed E-state index contributed by atoms with van der Waals surface area (Å²) in [6.45, 7) is 0.686. The van der Waals surface area contributed by atoms with E-state index in [1.165, 1.54) is 22.5 Å². The minimum atomic E-state index is -3.73. The Morgan fingerprint density at radius 2 is 1.60 bits per heavy atom. The van der Waals surface area contributed by atoms with Crippen LogP contribution < -0.4 is 5.32 Å². The summed E-state index contributed by atoms with van der Waals surface area (Å²) in [5.74, 6) is -0.488. The van der Waals surface area contributed by atoms with Crippen molar-refractivity contribution in [3.8, 4) is 0 Å². The number of hydrogen-bond acceptors (Lipinski definition) is 4. The number of nitrogens with one attached hydrogen (secondary N) is 1. The van der Waals surface area contributed by atoms with Crippen LogP contribution in [0, 0.1) is 0 Å². The fourth-order valence-electron chi connectivity index (χ4n) is 3.09. The van der Waals surface area contributed by atoms with E-state index in [4.69, 9.17) is 23.2 Å². The van der Waals surface area contributed by atoms with Gasteiger partial charge in [0.15, 0.2) is 0 Å². The van der Waals surface area contributed by atoms with Gasteiger partial charge in [-0.15, -0.1) is 0 Å². The van der Waals surface area contributed by atoms with E-state index in [9.17, 15) is 18.0 Å². The summed E-state index contributed by atoms with van der Waals surface area (Å²) in [4.78, 5) is 26.0. The lowest BCUT2D eigenvalue weighted by molar-refractivity contribution is -0.133. The van der Waals surface area contributed by atoms with Crippen LogP contribution in [0.15, 0.2) is 53.4 Å². The maximum Gasteiger partial charge on any atom is 0.243 e. The summed E-state index contributed by atoms with van der Waals surface area (Å²) in [6.07, 6.45) is 0.198. The molecule has 0 radical (unpaired) electrons. The molecule has 160 valence electrons. The van der Waals surface area contributed by atoms with Gasteiger partial charge in [-0.1, -0.05) is 53.5 Å². The summed E-state index contributed by atoms with van der Waals surface area (Å²) < 4.78 is 26.9. The van der Waals surface area contributed by atoms with Crippen molar-refractivity contribution in [2.24, 2.45) is 0 Å². The molecule has 0 aromatic heterocycles. The first kappa shape index (κ1) is 22.6. The molecule has 10 heteroatoms. The number of carbonyl (C=O) groups excluding carboxylic acids is 2. The lowest BCUT2D eigenvalue weighted by Crippen LogP contribution is -2.52. The molecule has 1 saturated heterocycles. The summed E-state index contributed by atoms with van der Waals surface area (Å²) in [6, 6.07) is 13.4. The Labute approximate surface area is 185 Å². The first-order chi connectivity index (χ1) is 14.3. The van der Waals surface area contributed by atoms with E-state index >= 15 is 0 Å². The van der Waals surface area contributed by atoms with Gasteiger partial charge >= 0.3 is 0 Å². The summed E-state index contributed by atoms with van der Waals surface area (Å²) >= 11 is 11.8. The molecule has 0 saturated carbocycles. The number of amides is 2. The minimum absolute atomic E-state index is 0.0600. The fraction of sp³-hybridized carbons (Fsp3) is 0.300. The third-order valence-electron chi connectivity index (χ3n) is 4.76. The minimum Gasteiger partial charge on any atom is -0.347 e. The van der Waals surface area contributed by atoms with Crippen molar-refractivity contribution in [2.45, 2.75) is 11.3 Å². The van der Waals surface area contributed by atoms with Gasteiger partial charge in [-0.05, 0) is 23.8 Å². The Balaban J connectivity index is 1.50. The molecule has 0 aliphatic carbocycles. The Morgan fingerprint density at radius 1 is 0.933 bits per heavy atom. The maximum absolute atomic E-state index is 12.8. The smallest absolute Gasteiger partial charge is 0.243 e. The second-order valence-electron chi connectivity index (χ2n) is 6.80. The number of sulfonamides is 1. The third-order valence-corrected chi connectivity index (χ3v) is 7.40. The van der Waals surface area contributed by atoms with E-state index in [2.05, 4.69) is 5.32 Å². The van der Waals surface area contributed by atoms with Gasteiger partial charge in [-0.2, -0.15) is 4.31 Å². The second kappa shape index (κ2) is 9.78.